The highest BCUT2D eigenvalue weighted by molar-refractivity contribution is 5.46. The van der Waals surface area contributed by atoms with Crippen LogP contribution in [0.15, 0.2) is 86.1 Å². The van der Waals surface area contributed by atoms with E-state index >= 15 is 0 Å². The van der Waals surface area contributed by atoms with Crippen molar-refractivity contribution < 1.29 is 0 Å². The average Bonchev–Trinajstić information content (AvgIpc) is 2.22. The van der Waals surface area contributed by atoms with Crippen LogP contribution in [0.4, 0.5) is 0 Å². The minimum atomic E-state index is 0.987. The van der Waals surface area contributed by atoms with Gasteiger partial charge >= 0.3 is 0 Å². The van der Waals surface area contributed by atoms with Crippen LogP contribution in [0.3, 0.4) is 0 Å². The zero-order chi connectivity index (χ0) is 10.8. The molecule has 0 saturated carbocycles. The van der Waals surface area contributed by atoms with Gasteiger partial charge in [0, 0.05) is 0 Å². The van der Waals surface area contributed by atoms with Gasteiger partial charge in [0.15, 0.2) is 0 Å². The first kappa shape index (κ1) is 12.2. The van der Waals surface area contributed by atoms with Crippen LogP contribution in [0.25, 0.3) is 0 Å². The zero-order valence-electron chi connectivity index (χ0n) is 8.45. The van der Waals surface area contributed by atoms with Gasteiger partial charge in [-0.15, -0.1) is 0 Å². The van der Waals surface area contributed by atoms with E-state index in [0.29, 0.717) is 0 Å². The SMILES string of the molecule is C=C/C=C\C(/C=C\C=C)=C(C=C)C=C. The first-order valence-electron chi connectivity index (χ1n) is 4.37. The third-order valence-corrected chi connectivity index (χ3v) is 1.60. The standard InChI is InChI=1S/C14H16/c1-5-9-11-14(12-10-6-2)13(7-3)8-4/h5-12H,1-4H2/b11-9-,12-10-. The molecule has 0 unspecified atom stereocenters. The minimum Gasteiger partial charge on any atom is -0.0991 e. The van der Waals surface area contributed by atoms with Gasteiger partial charge in [0.1, 0.15) is 0 Å². The van der Waals surface area contributed by atoms with Crippen molar-refractivity contribution in [2.24, 2.45) is 0 Å². The smallest absolute Gasteiger partial charge is 0.0184 e. The van der Waals surface area contributed by atoms with E-state index in [0.717, 1.165) is 11.1 Å². The van der Waals surface area contributed by atoms with Gasteiger partial charge in [-0.25, -0.2) is 0 Å². The van der Waals surface area contributed by atoms with E-state index in [1.54, 1.807) is 24.3 Å². The van der Waals surface area contributed by atoms with Crippen LogP contribution < -0.4 is 0 Å². The molecule has 0 heterocycles. The summed E-state index contributed by atoms with van der Waals surface area (Å²) in [6.45, 7) is 14.7. The molecule has 0 heteroatoms. The van der Waals surface area contributed by atoms with E-state index in [-0.39, 0.29) is 0 Å². The lowest BCUT2D eigenvalue weighted by molar-refractivity contribution is 1.57. The first-order chi connectivity index (χ1) is 6.79. The summed E-state index contributed by atoms with van der Waals surface area (Å²) in [6.07, 6.45) is 14.6. The quantitative estimate of drug-likeness (QED) is 0.544. The molecule has 0 spiro atoms. The number of hydrogen-bond acceptors (Lipinski definition) is 0. The normalized spacial score (nSPS) is 10.0. The molecule has 0 bridgehead atoms. The zero-order valence-corrected chi connectivity index (χ0v) is 8.45. The number of allylic oxidation sites excluding steroid dienone is 10. The van der Waals surface area contributed by atoms with Crippen molar-refractivity contribution >= 4 is 0 Å². The fourth-order valence-corrected chi connectivity index (χ4v) is 0.910. The molecule has 0 N–H and O–H groups in total. The Morgan fingerprint density at radius 2 is 1.07 bits per heavy atom. The van der Waals surface area contributed by atoms with Crippen LogP contribution in [-0.2, 0) is 0 Å². The second-order valence-electron chi connectivity index (χ2n) is 2.51. The molecule has 0 aliphatic rings. The predicted molar refractivity (Wildman–Crippen MR) is 66.1 cm³/mol. The fourth-order valence-electron chi connectivity index (χ4n) is 0.910. The molecule has 0 nitrogen and oxygen atoms in total. The van der Waals surface area contributed by atoms with Crippen molar-refractivity contribution in [3.8, 4) is 0 Å². The van der Waals surface area contributed by atoms with Crippen molar-refractivity contribution in [1.82, 2.24) is 0 Å². The lowest BCUT2D eigenvalue weighted by Crippen LogP contribution is -1.78. The van der Waals surface area contributed by atoms with Crippen LogP contribution >= 0.6 is 0 Å². The van der Waals surface area contributed by atoms with Gasteiger partial charge in [0.25, 0.3) is 0 Å². The minimum absolute atomic E-state index is 0.987. The molecule has 0 fully saturated rings. The molecule has 14 heavy (non-hydrogen) atoms. The van der Waals surface area contributed by atoms with Gasteiger partial charge < -0.3 is 0 Å². The Hall–Kier alpha value is -1.82. The Morgan fingerprint density at radius 3 is 1.36 bits per heavy atom. The van der Waals surface area contributed by atoms with E-state index in [1.165, 1.54) is 0 Å². The maximum absolute atomic E-state index is 3.72. The fraction of sp³-hybridized carbons (Fsp3) is 0. The van der Waals surface area contributed by atoms with Crippen LogP contribution in [0.2, 0.25) is 0 Å². The molecule has 0 aromatic carbocycles. The molecule has 0 saturated heterocycles. The van der Waals surface area contributed by atoms with Crippen molar-refractivity contribution in [3.63, 3.8) is 0 Å². The Kier molecular flexibility index (Phi) is 6.79. The van der Waals surface area contributed by atoms with Crippen LogP contribution in [0.1, 0.15) is 0 Å². The summed E-state index contributed by atoms with van der Waals surface area (Å²) < 4.78 is 0. The average molecular weight is 184 g/mol. The summed E-state index contributed by atoms with van der Waals surface area (Å²) in [7, 11) is 0. The molecular formula is C14H16. The number of rotatable bonds is 6. The van der Waals surface area contributed by atoms with Gasteiger partial charge in [-0.1, -0.05) is 74.9 Å². The van der Waals surface area contributed by atoms with Gasteiger partial charge in [0.05, 0.1) is 0 Å². The van der Waals surface area contributed by atoms with E-state index < -0.39 is 0 Å². The van der Waals surface area contributed by atoms with Gasteiger partial charge in [-0.05, 0) is 11.1 Å². The Labute approximate surface area is 86.7 Å². The van der Waals surface area contributed by atoms with Crippen LogP contribution in [0.5, 0.6) is 0 Å². The van der Waals surface area contributed by atoms with Crippen molar-refractivity contribution in [1.29, 1.82) is 0 Å². The monoisotopic (exact) mass is 184 g/mol. The summed E-state index contributed by atoms with van der Waals surface area (Å²) in [6, 6.07) is 0. The highest BCUT2D eigenvalue weighted by Gasteiger charge is 1.91. The topological polar surface area (TPSA) is 0 Å². The van der Waals surface area contributed by atoms with Crippen molar-refractivity contribution in [2.45, 2.75) is 0 Å². The Balaban J connectivity index is 5.13. The largest absolute Gasteiger partial charge is 0.0991 e. The molecule has 0 aromatic heterocycles. The maximum atomic E-state index is 3.72. The predicted octanol–water partition coefficient (Wildman–Crippen LogP) is 4.14. The molecular weight excluding hydrogens is 168 g/mol. The lowest BCUT2D eigenvalue weighted by atomic mass is 10.1. The highest BCUT2D eigenvalue weighted by atomic mass is 14.0. The Morgan fingerprint density at radius 1 is 0.643 bits per heavy atom. The van der Waals surface area contributed by atoms with E-state index in [2.05, 4.69) is 26.3 Å². The molecule has 0 aromatic rings. The Bertz CT molecular complexity index is 279. The third kappa shape index (κ3) is 4.27. The van der Waals surface area contributed by atoms with Gasteiger partial charge in [-0.2, -0.15) is 0 Å². The van der Waals surface area contributed by atoms with E-state index in [9.17, 15) is 0 Å². The summed E-state index contributed by atoms with van der Waals surface area (Å²) in [4.78, 5) is 0. The van der Waals surface area contributed by atoms with Crippen molar-refractivity contribution in [2.75, 3.05) is 0 Å². The second-order valence-corrected chi connectivity index (χ2v) is 2.51. The highest BCUT2D eigenvalue weighted by Crippen LogP contribution is 2.10. The van der Waals surface area contributed by atoms with Gasteiger partial charge in [-0.3, -0.25) is 0 Å². The maximum Gasteiger partial charge on any atom is -0.0184 e. The first-order valence-corrected chi connectivity index (χ1v) is 4.37. The summed E-state index contributed by atoms with van der Waals surface area (Å²) in [5, 5.41) is 0. The van der Waals surface area contributed by atoms with Crippen LogP contribution in [-0.4, -0.2) is 0 Å². The molecule has 0 radical (unpaired) electrons. The lowest BCUT2D eigenvalue weighted by Gasteiger charge is -1.98. The number of hydrogen-bond donors (Lipinski definition) is 0. The summed E-state index contributed by atoms with van der Waals surface area (Å²) >= 11 is 0. The molecule has 0 aliphatic heterocycles. The van der Waals surface area contributed by atoms with E-state index in [1.807, 2.05) is 24.3 Å². The van der Waals surface area contributed by atoms with E-state index in [4.69, 9.17) is 0 Å². The molecule has 0 amide bonds. The summed E-state index contributed by atoms with van der Waals surface area (Å²) in [5.74, 6) is 0. The van der Waals surface area contributed by atoms with Crippen molar-refractivity contribution in [3.05, 3.63) is 86.1 Å². The van der Waals surface area contributed by atoms with Gasteiger partial charge in [0.2, 0.25) is 0 Å². The third-order valence-electron chi connectivity index (χ3n) is 1.60. The molecule has 0 atom stereocenters. The molecule has 0 aliphatic carbocycles. The second kappa shape index (κ2) is 7.81. The van der Waals surface area contributed by atoms with Crippen LogP contribution in [0, 0.1) is 0 Å². The summed E-state index contributed by atoms with van der Waals surface area (Å²) in [5.41, 5.74) is 2.02. The molecule has 72 valence electrons. The molecule has 0 rings (SSSR count).